The van der Waals surface area contributed by atoms with Gasteiger partial charge in [-0.3, -0.25) is 0 Å². The summed E-state index contributed by atoms with van der Waals surface area (Å²) in [5.74, 6) is 0. The fourth-order valence-corrected chi connectivity index (χ4v) is 1.61. The van der Waals surface area contributed by atoms with Crippen LogP contribution in [0, 0.1) is 18.3 Å². The fourth-order valence-electron chi connectivity index (χ4n) is 1.61. The summed E-state index contributed by atoms with van der Waals surface area (Å²) in [6, 6.07) is 10.5. The second kappa shape index (κ2) is 4.38. The first-order valence-corrected chi connectivity index (χ1v) is 5.09. The van der Waals surface area contributed by atoms with E-state index < -0.39 is 6.43 Å². The van der Waals surface area contributed by atoms with Gasteiger partial charge >= 0.3 is 0 Å². The minimum atomic E-state index is -2.56. The zero-order chi connectivity index (χ0) is 12.4. The van der Waals surface area contributed by atoms with Gasteiger partial charge in [0.15, 0.2) is 0 Å². The molecule has 0 aliphatic heterocycles. The van der Waals surface area contributed by atoms with Crippen molar-refractivity contribution in [1.29, 1.82) is 5.26 Å². The lowest BCUT2D eigenvalue weighted by molar-refractivity contribution is 0.151. The third kappa shape index (κ3) is 2.18. The van der Waals surface area contributed by atoms with Crippen LogP contribution in [-0.2, 0) is 0 Å². The highest BCUT2D eigenvalue weighted by Crippen LogP contribution is 2.23. The molecule has 0 aliphatic rings. The fraction of sp³-hybridized carbons (Fsp3) is 0.154. The molecule has 0 amide bonds. The summed E-state index contributed by atoms with van der Waals surface area (Å²) in [7, 11) is 0. The third-order valence-electron chi connectivity index (χ3n) is 2.52. The molecule has 0 saturated heterocycles. The van der Waals surface area contributed by atoms with E-state index in [1.54, 1.807) is 12.1 Å². The van der Waals surface area contributed by atoms with Gasteiger partial charge in [-0.05, 0) is 25.1 Å². The first-order valence-electron chi connectivity index (χ1n) is 5.09. The minimum absolute atomic E-state index is 0.137. The van der Waals surface area contributed by atoms with E-state index in [-0.39, 0.29) is 11.3 Å². The quantitative estimate of drug-likeness (QED) is 0.777. The molecule has 2 aromatic rings. The molecule has 0 bridgehead atoms. The SMILES string of the molecule is Cc1ccc(-n2cc(C(F)F)cc2C#N)cc1. The van der Waals surface area contributed by atoms with Crippen LogP contribution in [0.1, 0.15) is 23.2 Å². The highest BCUT2D eigenvalue weighted by atomic mass is 19.3. The van der Waals surface area contributed by atoms with Crippen LogP contribution in [0.3, 0.4) is 0 Å². The first-order chi connectivity index (χ1) is 8.11. The molecule has 0 radical (unpaired) electrons. The molecule has 0 atom stereocenters. The zero-order valence-corrected chi connectivity index (χ0v) is 9.19. The van der Waals surface area contributed by atoms with Gasteiger partial charge in [-0.15, -0.1) is 0 Å². The van der Waals surface area contributed by atoms with Gasteiger partial charge in [0.1, 0.15) is 11.8 Å². The average Bonchev–Trinajstić information content (AvgIpc) is 2.74. The Morgan fingerprint density at radius 2 is 1.88 bits per heavy atom. The van der Waals surface area contributed by atoms with E-state index in [4.69, 9.17) is 5.26 Å². The molecule has 0 spiro atoms. The number of aryl methyl sites for hydroxylation is 1. The van der Waals surface area contributed by atoms with Crippen molar-refractivity contribution in [2.24, 2.45) is 0 Å². The molecule has 4 heteroatoms. The predicted molar refractivity (Wildman–Crippen MR) is 60.2 cm³/mol. The number of alkyl halides is 2. The maximum atomic E-state index is 12.6. The van der Waals surface area contributed by atoms with E-state index in [1.165, 1.54) is 16.8 Å². The third-order valence-corrected chi connectivity index (χ3v) is 2.52. The molecule has 0 saturated carbocycles. The normalized spacial score (nSPS) is 10.5. The Hall–Kier alpha value is -2.15. The van der Waals surface area contributed by atoms with E-state index in [0.717, 1.165) is 5.56 Å². The highest BCUT2D eigenvalue weighted by molar-refractivity contribution is 5.42. The van der Waals surface area contributed by atoms with Crippen LogP contribution < -0.4 is 0 Å². The lowest BCUT2D eigenvalue weighted by atomic mass is 10.2. The first kappa shape index (κ1) is 11.3. The summed E-state index contributed by atoms with van der Waals surface area (Å²) >= 11 is 0. The van der Waals surface area contributed by atoms with Crippen molar-refractivity contribution < 1.29 is 8.78 Å². The van der Waals surface area contributed by atoms with Gasteiger partial charge in [0.05, 0.1) is 0 Å². The van der Waals surface area contributed by atoms with Gasteiger partial charge < -0.3 is 4.57 Å². The number of hydrogen-bond donors (Lipinski definition) is 0. The summed E-state index contributed by atoms with van der Waals surface area (Å²) < 4.78 is 26.6. The molecule has 86 valence electrons. The summed E-state index contributed by atoms with van der Waals surface area (Å²) in [5, 5.41) is 8.91. The summed E-state index contributed by atoms with van der Waals surface area (Å²) in [5.41, 5.74) is 1.86. The van der Waals surface area contributed by atoms with Crippen molar-refractivity contribution in [3.63, 3.8) is 0 Å². The van der Waals surface area contributed by atoms with Crippen LogP contribution in [0.15, 0.2) is 36.5 Å². The number of nitriles is 1. The molecule has 1 aromatic carbocycles. The average molecular weight is 232 g/mol. The molecule has 17 heavy (non-hydrogen) atoms. The number of halogens is 2. The molecular formula is C13H10F2N2. The Kier molecular flexibility index (Phi) is 2.92. The van der Waals surface area contributed by atoms with Gasteiger partial charge in [-0.25, -0.2) is 8.78 Å². The second-order valence-electron chi connectivity index (χ2n) is 3.78. The molecule has 0 fully saturated rings. The smallest absolute Gasteiger partial charge is 0.265 e. The van der Waals surface area contributed by atoms with Crippen molar-refractivity contribution in [3.05, 3.63) is 53.3 Å². The molecule has 0 N–H and O–H groups in total. The summed E-state index contributed by atoms with van der Waals surface area (Å²) in [6.07, 6.45) is -1.26. The van der Waals surface area contributed by atoms with Gasteiger partial charge in [-0.1, -0.05) is 17.7 Å². The molecule has 1 aromatic heterocycles. The number of benzene rings is 1. The maximum Gasteiger partial charge on any atom is 0.265 e. The van der Waals surface area contributed by atoms with Crippen LogP contribution in [0.5, 0.6) is 0 Å². The van der Waals surface area contributed by atoms with Crippen LogP contribution in [0.25, 0.3) is 5.69 Å². The van der Waals surface area contributed by atoms with E-state index in [9.17, 15) is 8.78 Å². The van der Waals surface area contributed by atoms with Gasteiger partial charge in [0, 0.05) is 17.4 Å². The monoisotopic (exact) mass is 232 g/mol. The Morgan fingerprint density at radius 1 is 1.24 bits per heavy atom. The predicted octanol–water partition coefficient (Wildman–Crippen LogP) is 3.60. The van der Waals surface area contributed by atoms with Crippen LogP contribution in [-0.4, -0.2) is 4.57 Å². The van der Waals surface area contributed by atoms with Crippen molar-refractivity contribution >= 4 is 0 Å². The van der Waals surface area contributed by atoms with E-state index in [1.807, 2.05) is 25.1 Å². The topological polar surface area (TPSA) is 28.7 Å². The Bertz CT molecular complexity index is 562. The summed E-state index contributed by atoms with van der Waals surface area (Å²) in [4.78, 5) is 0. The van der Waals surface area contributed by atoms with Crippen LogP contribution in [0.2, 0.25) is 0 Å². The molecule has 0 unspecified atom stereocenters. The van der Waals surface area contributed by atoms with Crippen molar-refractivity contribution in [1.82, 2.24) is 4.57 Å². The lowest BCUT2D eigenvalue weighted by Crippen LogP contribution is -1.94. The standard InChI is InChI=1S/C13H10F2N2/c1-9-2-4-11(5-3-9)17-8-10(13(14)15)6-12(17)7-16/h2-6,8,13H,1H3. The Labute approximate surface area is 97.7 Å². The van der Waals surface area contributed by atoms with E-state index in [2.05, 4.69) is 0 Å². The van der Waals surface area contributed by atoms with Gasteiger partial charge in [0.25, 0.3) is 6.43 Å². The van der Waals surface area contributed by atoms with E-state index >= 15 is 0 Å². The second-order valence-corrected chi connectivity index (χ2v) is 3.78. The number of aromatic nitrogens is 1. The number of hydrogen-bond acceptors (Lipinski definition) is 1. The molecular weight excluding hydrogens is 222 g/mol. The van der Waals surface area contributed by atoms with E-state index in [0.29, 0.717) is 5.69 Å². The minimum Gasteiger partial charge on any atom is -0.308 e. The highest BCUT2D eigenvalue weighted by Gasteiger charge is 2.13. The lowest BCUT2D eigenvalue weighted by Gasteiger charge is -2.04. The number of nitrogens with zero attached hydrogens (tertiary/aromatic N) is 2. The summed E-state index contributed by atoms with van der Waals surface area (Å²) in [6.45, 7) is 1.94. The number of rotatable bonds is 2. The Morgan fingerprint density at radius 3 is 2.41 bits per heavy atom. The molecule has 0 aliphatic carbocycles. The van der Waals surface area contributed by atoms with Gasteiger partial charge in [0.2, 0.25) is 0 Å². The largest absolute Gasteiger partial charge is 0.308 e. The maximum absolute atomic E-state index is 12.6. The molecule has 2 rings (SSSR count). The van der Waals surface area contributed by atoms with Gasteiger partial charge in [-0.2, -0.15) is 5.26 Å². The Balaban J connectivity index is 2.51. The van der Waals surface area contributed by atoms with Crippen molar-refractivity contribution in [3.8, 4) is 11.8 Å². The van der Waals surface area contributed by atoms with Crippen LogP contribution in [0.4, 0.5) is 8.78 Å². The molecule has 2 nitrogen and oxygen atoms in total. The van der Waals surface area contributed by atoms with Crippen LogP contribution >= 0.6 is 0 Å². The van der Waals surface area contributed by atoms with Crippen molar-refractivity contribution in [2.75, 3.05) is 0 Å². The molecule has 1 heterocycles. The van der Waals surface area contributed by atoms with Crippen molar-refractivity contribution in [2.45, 2.75) is 13.3 Å². The zero-order valence-electron chi connectivity index (χ0n) is 9.19.